The summed E-state index contributed by atoms with van der Waals surface area (Å²) >= 11 is 0. The maximum absolute atomic E-state index is 12.7. The summed E-state index contributed by atoms with van der Waals surface area (Å²) in [5.41, 5.74) is 0.323. The first-order valence-electron chi connectivity index (χ1n) is 12.3. The molecule has 3 fully saturated rings. The molecule has 5 nitrogen and oxygen atoms in total. The van der Waals surface area contributed by atoms with Gasteiger partial charge in [-0.3, -0.25) is 9.59 Å². The van der Waals surface area contributed by atoms with Gasteiger partial charge in [-0.25, -0.2) is 0 Å². The van der Waals surface area contributed by atoms with E-state index in [0.717, 1.165) is 19.3 Å². The number of esters is 1. The second-order valence-corrected chi connectivity index (χ2v) is 12.3. The summed E-state index contributed by atoms with van der Waals surface area (Å²) in [6.07, 6.45) is 9.31. The van der Waals surface area contributed by atoms with Crippen molar-refractivity contribution in [2.24, 2.45) is 45.3 Å². The summed E-state index contributed by atoms with van der Waals surface area (Å²) in [6, 6.07) is 0. The summed E-state index contributed by atoms with van der Waals surface area (Å²) in [6.45, 7) is 11.0. The number of hydrogen-bond acceptors (Lipinski definition) is 5. The van der Waals surface area contributed by atoms with Gasteiger partial charge >= 0.3 is 5.97 Å². The minimum absolute atomic E-state index is 0.0431. The summed E-state index contributed by atoms with van der Waals surface area (Å²) in [5, 5.41) is 11.7. The second kappa shape index (κ2) is 6.79. The van der Waals surface area contributed by atoms with Gasteiger partial charge in [0.25, 0.3) is 0 Å². The Kier molecular flexibility index (Phi) is 4.74. The molecular weight excluding hydrogens is 404 g/mol. The van der Waals surface area contributed by atoms with Crippen LogP contribution in [0.2, 0.25) is 0 Å². The summed E-state index contributed by atoms with van der Waals surface area (Å²) in [7, 11) is 1.62. The Morgan fingerprint density at radius 3 is 2.53 bits per heavy atom. The van der Waals surface area contributed by atoms with Crippen LogP contribution < -0.4 is 0 Å². The Bertz CT molecular complexity index is 917. The van der Waals surface area contributed by atoms with Crippen LogP contribution in [-0.2, 0) is 19.1 Å². The average molecular weight is 443 g/mol. The normalized spacial score (nSPS) is 51.5. The summed E-state index contributed by atoms with van der Waals surface area (Å²) < 4.78 is 11.0. The molecule has 5 aliphatic rings. The molecule has 1 heterocycles. The number of fused-ring (bicyclic) bond motifs is 5. The molecule has 1 aliphatic heterocycles. The van der Waals surface area contributed by atoms with Gasteiger partial charge in [-0.15, -0.1) is 0 Å². The van der Waals surface area contributed by atoms with Crippen LogP contribution >= 0.6 is 0 Å². The largest absolute Gasteiger partial charge is 0.435 e. The van der Waals surface area contributed by atoms with Crippen LogP contribution in [0.4, 0.5) is 0 Å². The Hall–Kier alpha value is -1.46. The molecule has 2 saturated carbocycles. The van der Waals surface area contributed by atoms with Gasteiger partial charge in [0.05, 0.1) is 12.5 Å². The van der Waals surface area contributed by atoms with Crippen molar-refractivity contribution in [3.8, 4) is 0 Å². The zero-order valence-corrected chi connectivity index (χ0v) is 20.3. The lowest BCUT2D eigenvalue weighted by molar-refractivity contribution is -0.172. The number of methoxy groups -OCH3 is 1. The minimum atomic E-state index is -0.492. The Labute approximate surface area is 191 Å². The number of aliphatic hydroxyl groups is 1. The van der Waals surface area contributed by atoms with Gasteiger partial charge in [0.2, 0.25) is 6.29 Å². The Morgan fingerprint density at radius 2 is 1.84 bits per heavy atom. The molecule has 0 radical (unpaired) electrons. The van der Waals surface area contributed by atoms with Crippen LogP contribution in [0.1, 0.15) is 66.7 Å². The van der Waals surface area contributed by atoms with E-state index in [2.05, 4.69) is 46.8 Å². The number of hydrogen-bond donors (Lipinski definition) is 1. The highest BCUT2D eigenvalue weighted by Crippen LogP contribution is 2.72. The van der Waals surface area contributed by atoms with E-state index in [0.29, 0.717) is 12.8 Å². The van der Waals surface area contributed by atoms with E-state index in [1.54, 1.807) is 13.2 Å². The molecular formula is C27H38O5. The number of carbonyl (C=O) groups is 2. The number of ketones is 1. The molecule has 0 aromatic heterocycles. The van der Waals surface area contributed by atoms with Crippen LogP contribution in [0.5, 0.6) is 0 Å². The van der Waals surface area contributed by atoms with Gasteiger partial charge in [0, 0.05) is 23.9 Å². The molecule has 4 aliphatic carbocycles. The molecule has 176 valence electrons. The summed E-state index contributed by atoms with van der Waals surface area (Å²) in [5.74, 6) is 0.705. The van der Waals surface area contributed by atoms with Crippen molar-refractivity contribution in [3.63, 3.8) is 0 Å². The van der Waals surface area contributed by atoms with Gasteiger partial charge in [-0.1, -0.05) is 52.3 Å². The molecule has 0 aromatic rings. The molecule has 1 N–H and O–H groups in total. The van der Waals surface area contributed by atoms with E-state index < -0.39 is 17.8 Å². The number of carbonyl (C=O) groups excluding carboxylic acids is 2. The molecule has 5 rings (SSSR count). The monoisotopic (exact) mass is 442 g/mol. The van der Waals surface area contributed by atoms with Crippen molar-refractivity contribution in [2.75, 3.05) is 7.11 Å². The Morgan fingerprint density at radius 1 is 1.12 bits per heavy atom. The number of aliphatic hydroxyl groups excluding tert-OH is 1. The maximum atomic E-state index is 12.7. The highest BCUT2D eigenvalue weighted by molar-refractivity contribution is 5.95. The van der Waals surface area contributed by atoms with Crippen LogP contribution in [0, 0.1) is 45.3 Å². The van der Waals surface area contributed by atoms with Gasteiger partial charge in [0.15, 0.2) is 5.78 Å². The first-order chi connectivity index (χ1) is 14.9. The molecule has 0 aromatic carbocycles. The molecule has 32 heavy (non-hydrogen) atoms. The molecule has 0 amide bonds. The van der Waals surface area contributed by atoms with Crippen molar-refractivity contribution >= 4 is 11.8 Å². The van der Waals surface area contributed by atoms with Crippen molar-refractivity contribution in [1.29, 1.82) is 0 Å². The van der Waals surface area contributed by atoms with E-state index in [9.17, 15) is 14.7 Å². The van der Waals surface area contributed by atoms with Gasteiger partial charge < -0.3 is 14.6 Å². The van der Waals surface area contributed by atoms with E-state index >= 15 is 0 Å². The highest BCUT2D eigenvalue weighted by atomic mass is 16.7. The SMILES string of the molecule is COC1OC(=O)CC1C1CC=C2C1(C)CCC1C3(C)C=CC(=O)C(C)(C)C3CC(O)C21C. The first-order valence-corrected chi connectivity index (χ1v) is 12.3. The lowest BCUT2D eigenvalue weighted by atomic mass is 9.38. The van der Waals surface area contributed by atoms with Crippen LogP contribution in [0.15, 0.2) is 23.8 Å². The smallest absolute Gasteiger partial charge is 0.308 e. The van der Waals surface area contributed by atoms with Crippen molar-refractivity contribution in [3.05, 3.63) is 23.8 Å². The number of ether oxygens (including phenoxy) is 2. The predicted molar refractivity (Wildman–Crippen MR) is 120 cm³/mol. The molecule has 9 atom stereocenters. The number of cyclic esters (lactones) is 1. The Balaban J connectivity index is 1.54. The van der Waals surface area contributed by atoms with E-state index in [4.69, 9.17) is 9.47 Å². The third-order valence-corrected chi connectivity index (χ3v) is 10.8. The molecule has 9 unspecified atom stereocenters. The fraction of sp³-hybridized carbons (Fsp3) is 0.778. The lowest BCUT2D eigenvalue weighted by Gasteiger charge is -2.66. The molecule has 0 spiro atoms. The maximum Gasteiger partial charge on any atom is 0.308 e. The fourth-order valence-electron chi connectivity index (χ4n) is 9.06. The highest BCUT2D eigenvalue weighted by Gasteiger charge is 2.68. The van der Waals surface area contributed by atoms with Crippen LogP contribution in [0.3, 0.4) is 0 Å². The van der Waals surface area contributed by atoms with E-state index in [1.807, 2.05) is 0 Å². The van der Waals surface area contributed by atoms with E-state index in [1.165, 1.54) is 5.57 Å². The van der Waals surface area contributed by atoms with Crippen molar-refractivity contribution in [1.82, 2.24) is 0 Å². The third kappa shape index (κ3) is 2.58. The third-order valence-electron chi connectivity index (χ3n) is 10.8. The van der Waals surface area contributed by atoms with Gasteiger partial charge in [-0.2, -0.15) is 0 Å². The summed E-state index contributed by atoms with van der Waals surface area (Å²) in [4.78, 5) is 24.8. The zero-order valence-electron chi connectivity index (χ0n) is 20.3. The quantitative estimate of drug-likeness (QED) is 0.505. The molecule has 5 heteroatoms. The van der Waals surface area contributed by atoms with Gasteiger partial charge in [0.1, 0.15) is 0 Å². The molecule has 1 saturated heterocycles. The minimum Gasteiger partial charge on any atom is -0.435 e. The van der Waals surface area contributed by atoms with Crippen LogP contribution in [-0.4, -0.2) is 36.4 Å². The van der Waals surface area contributed by atoms with Crippen LogP contribution in [0.25, 0.3) is 0 Å². The average Bonchev–Trinajstić information content (AvgIpc) is 3.27. The van der Waals surface area contributed by atoms with Crippen molar-refractivity contribution in [2.45, 2.75) is 79.1 Å². The van der Waals surface area contributed by atoms with Crippen molar-refractivity contribution < 1.29 is 24.2 Å². The lowest BCUT2D eigenvalue weighted by Crippen LogP contribution is -2.63. The van der Waals surface area contributed by atoms with Gasteiger partial charge in [-0.05, 0) is 60.3 Å². The standard InChI is InChI=1S/C27H38O5/c1-24(2)19-14-21(29)27(5)17-8-7-16(15-13-22(30)32-23(15)31-6)25(17,3)11-9-18(27)26(19,4)12-10-20(24)28/h8,10,12,15-16,18-19,21,23,29H,7,9,11,13-14H2,1-6H3. The molecule has 0 bridgehead atoms. The zero-order chi connectivity index (χ0) is 23.3. The predicted octanol–water partition coefficient (Wildman–Crippen LogP) is 4.44. The second-order valence-electron chi connectivity index (χ2n) is 12.3. The number of rotatable bonds is 2. The first kappa shape index (κ1) is 22.3. The fourth-order valence-corrected chi connectivity index (χ4v) is 9.06. The van der Waals surface area contributed by atoms with E-state index in [-0.39, 0.29) is 51.7 Å². The topological polar surface area (TPSA) is 72.8 Å². The number of allylic oxidation sites excluding steroid dienone is 3.